The van der Waals surface area contributed by atoms with Crippen molar-refractivity contribution in [1.82, 2.24) is 0 Å². The number of aliphatic hydroxyl groups excluding tert-OH is 1. The second-order valence-corrected chi connectivity index (χ2v) is 9.40. The van der Waals surface area contributed by atoms with E-state index in [1.165, 1.54) is 5.39 Å². The molecule has 0 spiro atoms. The van der Waals surface area contributed by atoms with Crippen molar-refractivity contribution in [3.8, 4) is 0 Å². The van der Waals surface area contributed by atoms with Crippen molar-refractivity contribution in [2.75, 3.05) is 0 Å². The molecule has 0 amide bonds. The molecule has 28 heavy (non-hydrogen) atoms. The number of carbonyl (C=O) groups is 1. The average molecular weight is 389 g/mol. The Morgan fingerprint density at radius 1 is 0.893 bits per heavy atom. The highest BCUT2D eigenvalue weighted by Gasteiger charge is 2.37. The monoisotopic (exact) mass is 388 g/mol. The van der Waals surface area contributed by atoms with E-state index < -0.39 is 0 Å². The molecule has 0 bridgehead atoms. The van der Waals surface area contributed by atoms with Gasteiger partial charge in [-0.05, 0) is 39.9 Å². The Kier molecular flexibility index (Phi) is 5.03. The Labute approximate surface area is 170 Å². The van der Waals surface area contributed by atoms with Crippen LogP contribution in [0.2, 0.25) is 0 Å². The average Bonchev–Trinajstić information content (AvgIpc) is 2.66. The van der Waals surface area contributed by atoms with Crippen LogP contribution >= 0.6 is 11.8 Å². The molecule has 1 atom stereocenters. The number of hydrogen-bond acceptors (Lipinski definition) is 3. The highest BCUT2D eigenvalue weighted by Crippen LogP contribution is 2.47. The Morgan fingerprint density at radius 2 is 1.57 bits per heavy atom. The van der Waals surface area contributed by atoms with E-state index in [0.29, 0.717) is 18.4 Å². The number of benzene rings is 3. The lowest BCUT2D eigenvalue weighted by molar-refractivity contribution is -0.118. The first kappa shape index (κ1) is 18.8. The Balaban J connectivity index is 1.83. The minimum atomic E-state index is -0.226. The van der Waals surface area contributed by atoms with Gasteiger partial charge in [0.15, 0.2) is 5.78 Å². The van der Waals surface area contributed by atoms with Crippen LogP contribution in [0.25, 0.3) is 10.8 Å². The molecular formula is C25H24O2S. The van der Waals surface area contributed by atoms with Crippen LogP contribution in [0.3, 0.4) is 0 Å². The third-order valence-electron chi connectivity index (χ3n) is 5.23. The highest BCUT2D eigenvalue weighted by atomic mass is 32.2. The third-order valence-corrected chi connectivity index (χ3v) is 6.52. The minimum absolute atomic E-state index is 0.0512. The summed E-state index contributed by atoms with van der Waals surface area (Å²) in [4.78, 5) is 14.1. The van der Waals surface area contributed by atoms with Crippen LogP contribution in [0.4, 0.5) is 0 Å². The molecule has 3 aromatic rings. The van der Waals surface area contributed by atoms with Crippen LogP contribution in [0.15, 0.2) is 89.0 Å². The van der Waals surface area contributed by atoms with Crippen molar-refractivity contribution in [3.05, 3.63) is 89.7 Å². The molecular weight excluding hydrogens is 364 g/mol. The van der Waals surface area contributed by atoms with Crippen LogP contribution in [-0.2, 0) is 4.79 Å². The lowest BCUT2D eigenvalue weighted by Crippen LogP contribution is -2.27. The third kappa shape index (κ3) is 3.85. The fourth-order valence-electron chi connectivity index (χ4n) is 3.90. The molecule has 0 aliphatic heterocycles. The van der Waals surface area contributed by atoms with E-state index in [-0.39, 0.29) is 22.2 Å². The fourth-order valence-corrected chi connectivity index (χ4v) is 5.15. The Morgan fingerprint density at radius 3 is 2.29 bits per heavy atom. The number of carbonyl (C=O) groups excluding carboxylic acids is 1. The van der Waals surface area contributed by atoms with Gasteiger partial charge >= 0.3 is 0 Å². The van der Waals surface area contributed by atoms with Gasteiger partial charge in [0.25, 0.3) is 0 Å². The number of allylic oxidation sites excluding steroid dienone is 1. The van der Waals surface area contributed by atoms with Crippen molar-refractivity contribution >= 4 is 28.3 Å². The molecule has 4 rings (SSSR count). The molecule has 0 aromatic heterocycles. The van der Waals surface area contributed by atoms with Gasteiger partial charge in [-0.25, -0.2) is 0 Å². The molecule has 0 radical (unpaired) electrons. The summed E-state index contributed by atoms with van der Waals surface area (Å²) < 4.78 is 0. The topological polar surface area (TPSA) is 37.3 Å². The molecule has 142 valence electrons. The van der Waals surface area contributed by atoms with E-state index in [0.717, 1.165) is 15.8 Å². The summed E-state index contributed by atoms with van der Waals surface area (Å²) >= 11 is 1.63. The Bertz CT molecular complexity index is 1050. The number of rotatable bonds is 4. The first-order valence-electron chi connectivity index (χ1n) is 9.59. The summed E-state index contributed by atoms with van der Waals surface area (Å²) in [5.74, 6) is 0.290. The quantitative estimate of drug-likeness (QED) is 0.495. The molecule has 1 N–H and O–H groups in total. The molecule has 2 nitrogen and oxygen atoms in total. The zero-order valence-electron chi connectivity index (χ0n) is 16.2. The van der Waals surface area contributed by atoms with Gasteiger partial charge in [0, 0.05) is 17.7 Å². The molecule has 0 unspecified atom stereocenters. The molecule has 1 aliphatic carbocycles. The first-order valence-corrected chi connectivity index (χ1v) is 10.5. The van der Waals surface area contributed by atoms with Crippen LogP contribution in [-0.4, -0.2) is 10.9 Å². The Hall–Kier alpha value is -2.52. The molecule has 0 fully saturated rings. The SMILES string of the molecule is CC1(C)CC(=O)C([C@H](Sc2ccccc2)c2ccc3ccccc3c2)=C(O)C1. The first-order chi connectivity index (χ1) is 13.4. The maximum atomic E-state index is 13.1. The summed E-state index contributed by atoms with van der Waals surface area (Å²) in [6, 6.07) is 24.6. The van der Waals surface area contributed by atoms with Gasteiger partial charge in [0.2, 0.25) is 0 Å². The number of Topliss-reactive ketones (excluding diaryl/α,β-unsaturated/α-hetero) is 1. The van der Waals surface area contributed by atoms with Gasteiger partial charge in [-0.3, -0.25) is 4.79 Å². The van der Waals surface area contributed by atoms with Gasteiger partial charge in [0.1, 0.15) is 5.76 Å². The smallest absolute Gasteiger partial charge is 0.164 e. The van der Waals surface area contributed by atoms with Crippen LogP contribution in [0.5, 0.6) is 0 Å². The summed E-state index contributed by atoms with van der Waals surface area (Å²) in [6.45, 7) is 4.07. The lowest BCUT2D eigenvalue weighted by Gasteiger charge is -2.32. The molecule has 3 aromatic carbocycles. The second kappa shape index (κ2) is 7.48. The summed E-state index contributed by atoms with van der Waals surface area (Å²) in [5.41, 5.74) is 1.40. The minimum Gasteiger partial charge on any atom is -0.512 e. The van der Waals surface area contributed by atoms with E-state index in [1.54, 1.807) is 11.8 Å². The largest absolute Gasteiger partial charge is 0.512 e. The normalized spacial score (nSPS) is 17.7. The van der Waals surface area contributed by atoms with Crippen LogP contribution < -0.4 is 0 Å². The van der Waals surface area contributed by atoms with Crippen molar-refractivity contribution in [2.45, 2.75) is 36.8 Å². The maximum absolute atomic E-state index is 13.1. The standard InChI is InChI=1S/C25H24O2S/c1-25(2)15-21(26)23(22(27)16-25)24(28-20-10-4-3-5-11-20)19-13-12-17-8-6-7-9-18(17)14-19/h3-14,24,26H,15-16H2,1-2H3/t24-/m1/s1. The van der Waals surface area contributed by atoms with E-state index in [4.69, 9.17) is 0 Å². The van der Waals surface area contributed by atoms with Gasteiger partial charge in [-0.1, -0.05) is 68.4 Å². The molecule has 0 saturated heterocycles. The maximum Gasteiger partial charge on any atom is 0.164 e. The van der Waals surface area contributed by atoms with E-state index in [2.05, 4.69) is 30.3 Å². The van der Waals surface area contributed by atoms with Gasteiger partial charge in [-0.15, -0.1) is 11.8 Å². The van der Waals surface area contributed by atoms with Crippen molar-refractivity contribution < 1.29 is 9.90 Å². The summed E-state index contributed by atoms with van der Waals surface area (Å²) in [5, 5.41) is 12.9. The van der Waals surface area contributed by atoms with Crippen molar-refractivity contribution in [1.29, 1.82) is 0 Å². The zero-order chi connectivity index (χ0) is 19.7. The zero-order valence-corrected chi connectivity index (χ0v) is 17.0. The molecule has 0 saturated carbocycles. The predicted molar refractivity (Wildman–Crippen MR) is 117 cm³/mol. The summed E-state index contributed by atoms with van der Waals surface area (Å²) in [7, 11) is 0. The summed E-state index contributed by atoms with van der Waals surface area (Å²) in [6.07, 6.45) is 0.999. The highest BCUT2D eigenvalue weighted by molar-refractivity contribution is 7.99. The number of hydrogen-bond donors (Lipinski definition) is 1. The number of aliphatic hydroxyl groups is 1. The van der Waals surface area contributed by atoms with Gasteiger partial charge in [-0.2, -0.15) is 0 Å². The van der Waals surface area contributed by atoms with E-state index in [1.807, 2.05) is 56.3 Å². The molecule has 0 heterocycles. The van der Waals surface area contributed by atoms with Gasteiger partial charge < -0.3 is 5.11 Å². The lowest BCUT2D eigenvalue weighted by atomic mass is 9.75. The number of ketones is 1. The van der Waals surface area contributed by atoms with Crippen LogP contribution in [0, 0.1) is 5.41 Å². The predicted octanol–water partition coefficient (Wildman–Crippen LogP) is 6.87. The van der Waals surface area contributed by atoms with Crippen molar-refractivity contribution in [3.63, 3.8) is 0 Å². The van der Waals surface area contributed by atoms with E-state index >= 15 is 0 Å². The number of fused-ring (bicyclic) bond motifs is 1. The fraction of sp³-hybridized carbons (Fsp3) is 0.240. The molecule has 3 heteroatoms. The molecule has 1 aliphatic rings. The van der Waals surface area contributed by atoms with Crippen LogP contribution in [0.1, 0.15) is 37.5 Å². The van der Waals surface area contributed by atoms with Gasteiger partial charge in [0.05, 0.1) is 10.8 Å². The number of thioether (sulfide) groups is 1. The van der Waals surface area contributed by atoms with E-state index in [9.17, 15) is 9.90 Å². The second-order valence-electron chi connectivity index (χ2n) is 8.22. The van der Waals surface area contributed by atoms with Crippen molar-refractivity contribution in [2.24, 2.45) is 5.41 Å².